The standard InChI is InChI=1S/C38H38Cl2FN3O6/c1-47-32-11-10-25(17-34(32)48-2)33(18-28-29(39)20-42-21-30(28)40)49-37(45)26-7-5-6-23(16-26)19-43-36(27-8-3-4-9-31(27)41)38(46)50-35-22-44-14-12-24(35)13-15-44/h3-11,16-17,20-21,24,33,35-36,43H,12-15,18-19,22H2,1-2H3/p+1/t33?,35-,36?/m0/s1. The Morgan fingerprint density at radius 2 is 1.70 bits per heavy atom. The molecule has 3 fully saturated rings. The van der Waals surface area contributed by atoms with Crippen molar-refractivity contribution >= 4 is 35.1 Å². The van der Waals surface area contributed by atoms with E-state index in [0.29, 0.717) is 50.7 Å². The van der Waals surface area contributed by atoms with Crippen molar-refractivity contribution in [1.29, 1.82) is 0 Å². The molecule has 4 heterocycles. The highest BCUT2D eigenvalue weighted by Crippen LogP contribution is 2.36. The predicted octanol–water partition coefficient (Wildman–Crippen LogP) is 6.57. The number of hydrogen-bond acceptors (Lipinski definition) is 8. The molecule has 12 heteroatoms. The van der Waals surface area contributed by atoms with Crippen molar-refractivity contribution in [3.63, 3.8) is 0 Å². The van der Waals surface area contributed by atoms with Crippen LogP contribution in [0.2, 0.25) is 10.0 Å². The van der Waals surface area contributed by atoms with Crippen molar-refractivity contribution in [3.8, 4) is 11.5 Å². The quantitative estimate of drug-likeness (QED) is 0.155. The predicted molar refractivity (Wildman–Crippen MR) is 186 cm³/mol. The molecule has 3 atom stereocenters. The molecule has 9 nitrogen and oxygen atoms in total. The summed E-state index contributed by atoms with van der Waals surface area (Å²) in [6.45, 7) is 2.86. The van der Waals surface area contributed by atoms with Crippen LogP contribution < -0.4 is 19.8 Å². The maximum atomic E-state index is 15.0. The molecule has 3 aliphatic heterocycles. The number of H-pyrrole nitrogens is 1. The number of hydrogen-bond donors (Lipinski definition) is 1. The number of fused-ring (bicyclic) bond motifs is 3. The molecular weight excluding hydrogens is 684 g/mol. The summed E-state index contributed by atoms with van der Waals surface area (Å²) in [7, 11) is 3.06. The zero-order valence-corrected chi connectivity index (χ0v) is 29.3. The van der Waals surface area contributed by atoms with Crippen LogP contribution >= 0.6 is 23.2 Å². The SMILES string of the molecule is COc1ccc(C(Cc2c(Cl)c[nH+]cc2Cl)OC(=O)c2cccc(CNC(C(=O)O[C@H]3CN4CCC3CC4)c3ccccc3F)c2)cc1OC. The van der Waals surface area contributed by atoms with Crippen LogP contribution in [-0.4, -0.2) is 56.8 Å². The normalized spacial score (nSPS) is 19.3. The van der Waals surface area contributed by atoms with Crippen molar-refractivity contribution in [2.45, 2.75) is 44.1 Å². The van der Waals surface area contributed by atoms with E-state index in [0.717, 1.165) is 25.9 Å². The van der Waals surface area contributed by atoms with Gasteiger partial charge in [-0.25, -0.2) is 19.0 Å². The largest absolute Gasteiger partial charge is 0.493 e. The van der Waals surface area contributed by atoms with Crippen LogP contribution in [0.5, 0.6) is 11.5 Å². The summed E-state index contributed by atoms with van der Waals surface area (Å²) in [4.78, 5) is 32.5. The van der Waals surface area contributed by atoms with E-state index in [9.17, 15) is 9.59 Å². The summed E-state index contributed by atoms with van der Waals surface area (Å²) in [6.07, 6.45) is 4.33. The van der Waals surface area contributed by atoms with Gasteiger partial charge in [0.15, 0.2) is 23.9 Å². The molecule has 2 unspecified atom stereocenters. The minimum Gasteiger partial charge on any atom is -0.493 e. The van der Waals surface area contributed by atoms with Crippen molar-refractivity contribution in [2.75, 3.05) is 33.9 Å². The summed E-state index contributed by atoms with van der Waals surface area (Å²) in [6, 6.07) is 17.2. The number of aromatic nitrogens is 1. The third kappa shape index (κ3) is 8.21. The minimum atomic E-state index is -1.05. The fourth-order valence-electron chi connectivity index (χ4n) is 6.65. The molecule has 7 rings (SSSR count). The monoisotopic (exact) mass is 722 g/mol. The Kier molecular flexibility index (Phi) is 11.5. The molecule has 0 spiro atoms. The molecule has 0 saturated carbocycles. The van der Waals surface area contributed by atoms with E-state index >= 15 is 4.39 Å². The Morgan fingerprint density at radius 3 is 2.38 bits per heavy atom. The molecule has 0 amide bonds. The number of nitrogens with zero attached hydrogens (tertiary/aromatic N) is 1. The minimum absolute atomic E-state index is 0.153. The van der Waals surface area contributed by atoms with E-state index < -0.39 is 29.9 Å². The number of methoxy groups -OCH3 is 2. The van der Waals surface area contributed by atoms with Gasteiger partial charge < -0.3 is 18.9 Å². The van der Waals surface area contributed by atoms with E-state index in [4.69, 9.17) is 42.1 Å². The van der Waals surface area contributed by atoms with Gasteiger partial charge in [0.25, 0.3) is 0 Å². The average molecular weight is 724 g/mol. The topological polar surface area (TPSA) is 100 Å². The lowest BCUT2D eigenvalue weighted by molar-refractivity contribution is -0.377. The van der Waals surface area contributed by atoms with Gasteiger partial charge in [0.2, 0.25) is 0 Å². The molecule has 4 aromatic rings. The maximum absolute atomic E-state index is 15.0. The lowest BCUT2D eigenvalue weighted by atomic mass is 9.86. The lowest BCUT2D eigenvalue weighted by Crippen LogP contribution is -2.52. The number of carbonyl (C=O) groups excluding carboxylic acids is 2. The molecule has 2 N–H and O–H groups in total. The third-order valence-corrected chi connectivity index (χ3v) is 10.1. The number of ether oxygens (including phenoxy) is 4. The van der Waals surface area contributed by atoms with Gasteiger partial charge in [0.1, 0.15) is 34.1 Å². The van der Waals surface area contributed by atoms with E-state index in [2.05, 4.69) is 15.2 Å². The highest BCUT2D eigenvalue weighted by Gasteiger charge is 2.38. The smallest absolute Gasteiger partial charge is 0.338 e. The average Bonchev–Trinajstić information content (AvgIpc) is 3.13. The van der Waals surface area contributed by atoms with Crippen molar-refractivity contribution in [3.05, 3.63) is 123 Å². The molecule has 262 valence electrons. The first-order valence-electron chi connectivity index (χ1n) is 16.5. The number of pyridine rings is 1. The Balaban J connectivity index is 1.21. The summed E-state index contributed by atoms with van der Waals surface area (Å²) in [5.41, 5.74) is 2.40. The number of nitrogens with one attached hydrogen (secondary N) is 2. The number of piperidine rings is 3. The van der Waals surface area contributed by atoms with Crippen LogP contribution in [-0.2, 0) is 27.2 Å². The molecule has 0 aliphatic carbocycles. The van der Waals surface area contributed by atoms with Gasteiger partial charge in [-0.1, -0.05) is 59.6 Å². The van der Waals surface area contributed by atoms with Crippen LogP contribution in [0.15, 0.2) is 79.1 Å². The van der Waals surface area contributed by atoms with E-state index in [1.807, 2.05) is 6.07 Å². The molecule has 0 radical (unpaired) electrons. The zero-order chi connectivity index (χ0) is 35.2. The highest BCUT2D eigenvalue weighted by atomic mass is 35.5. The molecule has 50 heavy (non-hydrogen) atoms. The number of benzene rings is 3. The van der Waals surface area contributed by atoms with E-state index in [-0.39, 0.29) is 30.2 Å². The summed E-state index contributed by atoms with van der Waals surface area (Å²) in [5.74, 6) is -0.330. The first-order valence-corrected chi connectivity index (χ1v) is 17.3. The van der Waals surface area contributed by atoms with Crippen LogP contribution in [0.3, 0.4) is 0 Å². The van der Waals surface area contributed by atoms with Gasteiger partial charge in [0.05, 0.1) is 19.8 Å². The molecular formula is C38H39Cl2FN3O6+. The van der Waals surface area contributed by atoms with Gasteiger partial charge in [-0.2, -0.15) is 0 Å². The van der Waals surface area contributed by atoms with Gasteiger partial charge in [-0.15, -0.1) is 0 Å². The number of aromatic amines is 1. The number of halogens is 3. The Morgan fingerprint density at radius 1 is 0.960 bits per heavy atom. The fourth-order valence-corrected chi connectivity index (χ4v) is 7.19. The van der Waals surface area contributed by atoms with Crippen LogP contribution in [0.25, 0.3) is 0 Å². The van der Waals surface area contributed by atoms with Crippen LogP contribution in [0, 0.1) is 11.7 Å². The molecule has 2 bridgehead atoms. The van der Waals surface area contributed by atoms with Gasteiger partial charge in [0, 0.05) is 30.6 Å². The van der Waals surface area contributed by atoms with E-state index in [1.54, 1.807) is 67.0 Å². The van der Waals surface area contributed by atoms with Gasteiger partial charge in [-0.05, 0) is 73.3 Å². The second-order valence-corrected chi connectivity index (χ2v) is 13.3. The zero-order valence-electron chi connectivity index (χ0n) is 27.8. The van der Waals surface area contributed by atoms with Crippen molar-refractivity contribution < 1.29 is 37.9 Å². The second kappa shape index (κ2) is 16.2. The number of esters is 2. The van der Waals surface area contributed by atoms with Crippen molar-refractivity contribution in [2.24, 2.45) is 5.92 Å². The molecule has 1 aromatic heterocycles. The molecule has 3 aromatic carbocycles. The Labute approximate surface area is 300 Å². The lowest BCUT2D eigenvalue weighted by Gasteiger charge is -2.44. The second-order valence-electron chi connectivity index (χ2n) is 12.5. The van der Waals surface area contributed by atoms with Crippen LogP contribution in [0.1, 0.15) is 57.6 Å². The highest BCUT2D eigenvalue weighted by molar-refractivity contribution is 6.35. The van der Waals surface area contributed by atoms with Crippen LogP contribution in [0.4, 0.5) is 4.39 Å². The summed E-state index contributed by atoms with van der Waals surface area (Å²) < 4.78 is 38.0. The van der Waals surface area contributed by atoms with E-state index in [1.165, 1.54) is 20.3 Å². The fraction of sp³-hybridized carbons (Fsp3) is 0.342. The van der Waals surface area contributed by atoms with Crippen molar-refractivity contribution in [1.82, 2.24) is 10.2 Å². The van der Waals surface area contributed by atoms with Gasteiger partial charge in [-0.3, -0.25) is 10.2 Å². The third-order valence-electron chi connectivity index (χ3n) is 9.40. The van der Waals surface area contributed by atoms with Gasteiger partial charge >= 0.3 is 11.9 Å². The Bertz CT molecular complexity index is 1820. The summed E-state index contributed by atoms with van der Waals surface area (Å²) in [5, 5.41) is 3.97. The first kappa shape index (κ1) is 35.6. The number of rotatable bonds is 13. The molecule has 3 saturated heterocycles. The Hall–Kier alpha value is -4.22. The summed E-state index contributed by atoms with van der Waals surface area (Å²) >= 11 is 13.0. The number of carbonyl (C=O) groups is 2. The molecule has 3 aliphatic rings. The maximum Gasteiger partial charge on any atom is 0.338 e. The first-order chi connectivity index (χ1) is 24.2.